The van der Waals surface area contributed by atoms with Crippen LogP contribution in [0.4, 0.5) is 11.4 Å². The fraction of sp³-hybridized carbons (Fsp3) is 0.611. The molecule has 0 aliphatic heterocycles. The summed E-state index contributed by atoms with van der Waals surface area (Å²) in [5, 5.41) is 20.9. The van der Waals surface area contributed by atoms with Gasteiger partial charge in [0.25, 0.3) is 11.4 Å². The first-order valence-corrected chi connectivity index (χ1v) is 21.4. The predicted octanol–water partition coefficient (Wildman–Crippen LogP) is 6.04. The van der Waals surface area contributed by atoms with E-state index in [0.717, 1.165) is 48.5 Å². The van der Waals surface area contributed by atoms with Crippen molar-refractivity contribution in [2.45, 2.75) is 144 Å². The number of nitro groups is 2. The van der Waals surface area contributed by atoms with Gasteiger partial charge in [0.1, 0.15) is 34.8 Å². The number of halogens is 1. The molecule has 0 saturated heterocycles. The van der Waals surface area contributed by atoms with Gasteiger partial charge < -0.3 is 33.0 Å². The van der Waals surface area contributed by atoms with Crippen molar-refractivity contribution in [2.24, 2.45) is 5.73 Å². The molecule has 20 nitrogen and oxygen atoms in total. The zero-order valence-electron chi connectivity index (χ0n) is 35.6. The van der Waals surface area contributed by atoms with E-state index in [1.807, 2.05) is 41.5 Å². The van der Waals surface area contributed by atoms with E-state index in [0.29, 0.717) is 0 Å². The Morgan fingerprint density at radius 2 is 0.966 bits per heavy atom. The number of rotatable bonds is 14. The lowest BCUT2D eigenvalue weighted by molar-refractivity contribution is -0.385. The third-order valence-electron chi connectivity index (χ3n) is 6.16. The Morgan fingerprint density at radius 3 is 1.29 bits per heavy atom. The van der Waals surface area contributed by atoms with Crippen LogP contribution in [0.25, 0.3) is 0 Å². The second-order valence-corrected chi connectivity index (χ2v) is 20.0. The molecule has 0 saturated carbocycles. The van der Waals surface area contributed by atoms with Crippen LogP contribution in [-0.2, 0) is 48.2 Å². The molecule has 0 bridgehead atoms. The second-order valence-electron chi connectivity index (χ2n) is 16.6. The minimum atomic E-state index is -4.47. The zero-order valence-corrected chi connectivity index (χ0v) is 38.0. The number of nitrogens with zero attached hydrogens (tertiary/aromatic N) is 2. The van der Waals surface area contributed by atoms with Gasteiger partial charge in [-0.2, -0.15) is 21.6 Å². The van der Waals surface area contributed by atoms with Gasteiger partial charge in [-0.1, -0.05) is 0 Å². The first kappa shape index (κ1) is 54.8. The number of benzene rings is 2. The van der Waals surface area contributed by atoms with E-state index in [1.54, 1.807) is 48.5 Å². The van der Waals surface area contributed by atoms with Gasteiger partial charge >= 0.3 is 31.6 Å². The Morgan fingerprint density at radius 1 is 0.627 bits per heavy atom. The SMILES string of the molecule is CC(OC(C)(C)C)[C@H](N)C(=O)OC(C)(C)C.CC(OC(C)(C)C)[C@H](NS(=O)(=O)Oc1ccc([N+](=O)[O-])cc1)C(=O)OC(C)(C)C.O=[N+]([O-])c1ccc(OS(=O)(=O)Cl)cc1. The Balaban J connectivity index is 0.000000943. The number of nitro benzene ring substituents is 2. The summed E-state index contributed by atoms with van der Waals surface area (Å²) in [7, 11) is -3.79. The number of hydrogen-bond acceptors (Lipinski definition) is 17. The van der Waals surface area contributed by atoms with Crippen molar-refractivity contribution < 1.29 is 63.6 Å². The van der Waals surface area contributed by atoms with Gasteiger partial charge in [-0.25, -0.2) is 0 Å². The Bertz CT molecular complexity index is 1920. The summed E-state index contributed by atoms with van der Waals surface area (Å²) in [5.74, 6) is -1.49. The average Bonchev–Trinajstić information content (AvgIpc) is 3.00. The molecule has 0 radical (unpaired) electrons. The molecule has 0 aliphatic rings. The quantitative estimate of drug-likeness (QED) is 0.0946. The maximum Gasteiger partial charge on any atom is 0.401 e. The molecule has 0 aromatic heterocycles. The van der Waals surface area contributed by atoms with Gasteiger partial charge in [0.2, 0.25) is 0 Å². The summed E-state index contributed by atoms with van der Waals surface area (Å²) in [6.45, 7) is 24.8. The van der Waals surface area contributed by atoms with Crippen LogP contribution in [0.15, 0.2) is 48.5 Å². The van der Waals surface area contributed by atoms with Gasteiger partial charge in [-0.15, -0.1) is 0 Å². The summed E-state index contributed by atoms with van der Waals surface area (Å²) in [5.41, 5.74) is 3.06. The maximum atomic E-state index is 12.6. The molecule has 3 N–H and O–H groups in total. The van der Waals surface area contributed by atoms with E-state index in [9.17, 15) is 46.7 Å². The largest absolute Gasteiger partial charge is 0.459 e. The summed E-state index contributed by atoms with van der Waals surface area (Å²) in [4.78, 5) is 43.9. The van der Waals surface area contributed by atoms with Gasteiger partial charge in [0.05, 0.1) is 43.9 Å². The molecule has 2 aromatic rings. The van der Waals surface area contributed by atoms with Gasteiger partial charge in [-0.05, 0) is 121 Å². The lowest BCUT2D eigenvalue weighted by Gasteiger charge is -2.31. The molecule has 0 heterocycles. The topological polar surface area (TPSA) is 282 Å². The highest BCUT2D eigenvalue weighted by Crippen LogP contribution is 2.22. The molecule has 4 atom stereocenters. The Labute approximate surface area is 350 Å². The molecule has 2 aromatic carbocycles. The van der Waals surface area contributed by atoms with E-state index in [-0.39, 0.29) is 34.6 Å². The highest BCUT2D eigenvalue weighted by atomic mass is 35.7. The number of carbonyl (C=O) groups is 2. The molecule has 0 aliphatic carbocycles. The van der Waals surface area contributed by atoms with E-state index in [2.05, 4.69) is 8.91 Å². The lowest BCUT2D eigenvalue weighted by Crippen LogP contribution is -2.53. The van der Waals surface area contributed by atoms with Crippen LogP contribution in [0, 0.1) is 20.2 Å². The number of nitrogens with one attached hydrogen (secondary N) is 1. The second kappa shape index (κ2) is 21.9. The molecular formula is C36H57ClN4O16S2. The predicted molar refractivity (Wildman–Crippen MR) is 218 cm³/mol. The number of esters is 2. The first-order chi connectivity index (χ1) is 26.3. The summed E-state index contributed by atoms with van der Waals surface area (Å²) >= 11 is 0. The number of nitrogens with two attached hydrogens (primary N) is 1. The van der Waals surface area contributed by atoms with Crippen molar-refractivity contribution >= 4 is 53.6 Å². The molecule has 2 rings (SSSR count). The van der Waals surface area contributed by atoms with Crippen LogP contribution in [0.5, 0.6) is 11.5 Å². The summed E-state index contributed by atoms with van der Waals surface area (Å²) in [6.07, 6.45) is -1.24. The zero-order chi connectivity index (χ0) is 46.5. The smallest absolute Gasteiger partial charge is 0.401 e. The third kappa shape index (κ3) is 25.8. The number of hydrogen-bond donors (Lipinski definition) is 2. The molecule has 0 amide bonds. The lowest BCUT2D eigenvalue weighted by atomic mass is 10.1. The van der Waals surface area contributed by atoms with Crippen molar-refractivity contribution in [3.05, 3.63) is 68.8 Å². The molecule has 336 valence electrons. The van der Waals surface area contributed by atoms with E-state index >= 15 is 0 Å². The monoisotopic (exact) mass is 900 g/mol. The fourth-order valence-electron chi connectivity index (χ4n) is 4.19. The van der Waals surface area contributed by atoms with Crippen molar-refractivity contribution in [3.63, 3.8) is 0 Å². The minimum absolute atomic E-state index is 0.0781. The van der Waals surface area contributed by atoms with Crippen molar-refractivity contribution in [1.29, 1.82) is 0 Å². The van der Waals surface area contributed by atoms with Gasteiger partial charge in [-0.3, -0.25) is 29.8 Å². The van der Waals surface area contributed by atoms with Crippen LogP contribution in [0.1, 0.15) is 96.9 Å². The molecular weight excluding hydrogens is 844 g/mol. The van der Waals surface area contributed by atoms with Crippen LogP contribution in [0.3, 0.4) is 0 Å². The van der Waals surface area contributed by atoms with Crippen molar-refractivity contribution in [2.75, 3.05) is 0 Å². The van der Waals surface area contributed by atoms with Gasteiger partial charge in [0, 0.05) is 24.3 Å². The normalized spacial score (nSPS) is 14.4. The first-order valence-electron chi connectivity index (χ1n) is 17.7. The number of non-ortho nitro benzene ring substituents is 2. The maximum absolute atomic E-state index is 12.6. The number of ether oxygens (including phenoxy) is 4. The average molecular weight is 901 g/mol. The summed E-state index contributed by atoms with van der Waals surface area (Å²) in [6, 6.07) is 6.83. The van der Waals surface area contributed by atoms with Crippen LogP contribution in [0.2, 0.25) is 0 Å². The number of carbonyl (C=O) groups excluding carboxylic acids is 2. The molecule has 0 fully saturated rings. The molecule has 2 unspecified atom stereocenters. The Kier molecular flexibility index (Phi) is 20.3. The summed E-state index contributed by atoms with van der Waals surface area (Å²) < 4.78 is 78.8. The van der Waals surface area contributed by atoms with Crippen molar-refractivity contribution in [3.8, 4) is 11.5 Å². The molecule has 59 heavy (non-hydrogen) atoms. The fourth-order valence-corrected chi connectivity index (χ4v) is 5.76. The highest BCUT2D eigenvalue weighted by Gasteiger charge is 2.37. The van der Waals surface area contributed by atoms with Crippen molar-refractivity contribution in [1.82, 2.24) is 4.72 Å². The molecule has 0 spiro atoms. The third-order valence-corrected chi connectivity index (χ3v) is 7.70. The van der Waals surface area contributed by atoms with Crippen LogP contribution in [-0.4, -0.2) is 85.3 Å². The standard InChI is InChI=1S/C18H28N2O8S.C12H25NO3.C6H4ClNO5S/c1-12(26-17(2,3)4)15(16(21)27-18(5,6)7)19-29(24,25)28-14-10-8-13(9-11-14)20(22)23;1-8(15-11(2,3)4)9(13)10(14)16-12(5,6)7;7-14(11,12)13-6-3-1-5(2-4-6)8(9)10/h8-12,15,19H,1-7H3;8-9H,13H2,1-7H3;1-4H/t12?,15-;8?,9-;/m00./s1. The minimum Gasteiger partial charge on any atom is -0.459 e. The molecule has 23 heteroatoms. The van der Waals surface area contributed by atoms with Gasteiger partial charge in [0.15, 0.2) is 0 Å². The van der Waals surface area contributed by atoms with Crippen LogP contribution >= 0.6 is 10.7 Å². The van der Waals surface area contributed by atoms with E-state index < -0.39 is 76.4 Å². The Hall–Kier alpha value is -4.19. The van der Waals surface area contributed by atoms with Crippen LogP contribution < -0.4 is 18.8 Å². The van der Waals surface area contributed by atoms with E-state index in [1.165, 1.54) is 6.92 Å². The highest BCUT2D eigenvalue weighted by molar-refractivity contribution is 8.10. The van der Waals surface area contributed by atoms with E-state index in [4.69, 9.17) is 39.5 Å².